The average Bonchev–Trinajstić information content (AvgIpc) is 2.75. The summed E-state index contributed by atoms with van der Waals surface area (Å²) < 4.78 is 30.0. The number of esters is 1. The highest BCUT2D eigenvalue weighted by atomic mass is 19.1. The Morgan fingerprint density at radius 2 is 1.73 bits per heavy atom. The van der Waals surface area contributed by atoms with Crippen molar-refractivity contribution in [3.05, 3.63) is 40.7 Å². The summed E-state index contributed by atoms with van der Waals surface area (Å²) in [4.78, 5) is 36.4. The number of carbonyl (C=O) groups excluding carboxylic acids is 3. The molecular formula is C26H38FN3O7. The van der Waals surface area contributed by atoms with Crippen LogP contribution in [0, 0.1) is 5.82 Å². The van der Waals surface area contributed by atoms with Crippen molar-refractivity contribution in [3.8, 4) is 0 Å². The third-order valence-corrected chi connectivity index (χ3v) is 4.36. The number of halogens is 1. The van der Waals surface area contributed by atoms with Crippen LogP contribution in [0.5, 0.6) is 0 Å². The number of hydrogen-bond donors (Lipinski definition) is 2. The summed E-state index contributed by atoms with van der Waals surface area (Å²) in [5.74, 6) is -2.43. The zero-order chi connectivity index (χ0) is 28.4. The molecule has 0 atom stereocenters. The van der Waals surface area contributed by atoms with Gasteiger partial charge in [-0.3, -0.25) is 0 Å². The fourth-order valence-corrected chi connectivity index (χ4v) is 2.79. The van der Waals surface area contributed by atoms with Gasteiger partial charge in [0.25, 0.3) is 0 Å². The molecule has 11 heteroatoms. The van der Waals surface area contributed by atoms with Crippen molar-refractivity contribution in [3.63, 3.8) is 0 Å². The van der Waals surface area contributed by atoms with E-state index in [0.717, 1.165) is 17.3 Å². The number of aliphatic hydroxyl groups excluding tert-OH is 1. The van der Waals surface area contributed by atoms with Gasteiger partial charge in [0.15, 0.2) is 0 Å². The van der Waals surface area contributed by atoms with E-state index in [1.165, 1.54) is 19.2 Å². The number of nitrogens with one attached hydrogen (secondary N) is 1. The SMILES string of the molecule is CCOC(=O)C(C=NN(C)C(=O)OC(C)(C)C)=C(O)c1cc(CCCNC(=O)OC(C)(C)C)ccc1F. The second-order valence-electron chi connectivity index (χ2n) is 10.1. The minimum atomic E-state index is -0.951. The molecule has 0 unspecified atom stereocenters. The summed E-state index contributed by atoms with van der Waals surface area (Å²) in [6.45, 7) is 12.2. The molecule has 0 spiro atoms. The lowest BCUT2D eigenvalue weighted by atomic mass is 10.0. The van der Waals surface area contributed by atoms with Crippen LogP contribution >= 0.6 is 0 Å². The monoisotopic (exact) mass is 523 g/mol. The Kier molecular flexibility index (Phi) is 11.6. The summed E-state index contributed by atoms with van der Waals surface area (Å²) in [7, 11) is 1.30. The Hall–Kier alpha value is -3.63. The number of aryl methyl sites for hydroxylation is 1. The molecule has 10 nitrogen and oxygen atoms in total. The number of rotatable bonds is 9. The van der Waals surface area contributed by atoms with Gasteiger partial charge in [0.2, 0.25) is 0 Å². The molecule has 0 aromatic heterocycles. The van der Waals surface area contributed by atoms with Gasteiger partial charge in [0.05, 0.1) is 18.4 Å². The zero-order valence-electron chi connectivity index (χ0n) is 22.8. The van der Waals surface area contributed by atoms with E-state index in [4.69, 9.17) is 14.2 Å². The van der Waals surface area contributed by atoms with Crippen molar-refractivity contribution in [1.82, 2.24) is 10.3 Å². The molecule has 2 N–H and O–H groups in total. The predicted molar refractivity (Wildman–Crippen MR) is 138 cm³/mol. The van der Waals surface area contributed by atoms with Crippen LogP contribution in [0.25, 0.3) is 5.76 Å². The first kappa shape index (κ1) is 31.4. The molecule has 0 aliphatic rings. The van der Waals surface area contributed by atoms with E-state index >= 15 is 0 Å². The topological polar surface area (TPSA) is 127 Å². The molecule has 0 heterocycles. The van der Waals surface area contributed by atoms with E-state index in [2.05, 4.69) is 10.4 Å². The van der Waals surface area contributed by atoms with Crippen molar-refractivity contribution in [2.75, 3.05) is 20.2 Å². The maximum atomic E-state index is 14.6. The van der Waals surface area contributed by atoms with Gasteiger partial charge in [0.1, 0.15) is 28.4 Å². The Bertz CT molecular complexity index is 1020. The van der Waals surface area contributed by atoms with Gasteiger partial charge in [-0.2, -0.15) is 5.10 Å². The molecule has 1 aromatic carbocycles. The number of nitrogens with zero attached hydrogens (tertiary/aromatic N) is 2. The molecule has 1 rings (SSSR count). The second-order valence-corrected chi connectivity index (χ2v) is 10.1. The van der Waals surface area contributed by atoms with Crippen LogP contribution in [-0.4, -0.2) is 65.9 Å². The zero-order valence-corrected chi connectivity index (χ0v) is 22.8. The largest absolute Gasteiger partial charge is 0.506 e. The highest BCUT2D eigenvalue weighted by Gasteiger charge is 2.22. The molecule has 0 saturated heterocycles. The van der Waals surface area contributed by atoms with Crippen molar-refractivity contribution >= 4 is 30.1 Å². The smallest absolute Gasteiger partial charge is 0.430 e. The summed E-state index contributed by atoms with van der Waals surface area (Å²) in [5.41, 5.74) is -1.41. The number of alkyl carbamates (subject to hydrolysis) is 1. The van der Waals surface area contributed by atoms with Crippen LogP contribution < -0.4 is 5.32 Å². The number of aliphatic hydroxyl groups is 1. The lowest BCUT2D eigenvalue weighted by Crippen LogP contribution is -2.33. The van der Waals surface area contributed by atoms with Crippen LogP contribution in [0.4, 0.5) is 14.0 Å². The van der Waals surface area contributed by atoms with E-state index in [0.29, 0.717) is 24.9 Å². The molecule has 1 aromatic rings. The predicted octanol–water partition coefficient (Wildman–Crippen LogP) is 4.97. The standard InChI is InChI=1S/C26H38FN3O7/c1-9-35-22(32)19(16-29-30(8)24(34)37-26(5,6)7)21(31)18-15-17(12-13-20(18)27)11-10-14-28-23(33)36-25(2,3)4/h12-13,15-16,31H,9-11,14H2,1-8H3,(H,28,33). The Balaban J connectivity index is 3.11. The third kappa shape index (κ3) is 11.8. The Morgan fingerprint density at radius 1 is 1.11 bits per heavy atom. The van der Waals surface area contributed by atoms with Gasteiger partial charge in [-0.15, -0.1) is 0 Å². The fraction of sp³-hybridized carbons (Fsp3) is 0.538. The summed E-state index contributed by atoms with van der Waals surface area (Å²) in [6.07, 6.45) is 0.540. The lowest BCUT2D eigenvalue weighted by Gasteiger charge is -2.22. The van der Waals surface area contributed by atoms with E-state index in [9.17, 15) is 23.9 Å². The minimum Gasteiger partial charge on any atom is -0.506 e. The van der Waals surface area contributed by atoms with Crippen molar-refractivity contribution in [1.29, 1.82) is 0 Å². The first-order chi connectivity index (χ1) is 17.0. The normalized spacial score (nSPS) is 12.6. The minimum absolute atomic E-state index is 0.00146. The molecule has 0 bridgehead atoms. The summed E-state index contributed by atoms with van der Waals surface area (Å²) in [6, 6.07) is 4.09. The molecule has 0 saturated carbocycles. The first-order valence-electron chi connectivity index (χ1n) is 11.9. The van der Waals surface area contributed by atoms with Gasteiger partial charge in [-0.05, 0) is 79.0 Å². The van der Waals surface area contributed by atoms with Gasteiger partial charge >= 0.3 is 18.2 Å². The fourth-order valence-electron chi connectivity index (χ4n) is 2.79. The van der Waals surface area contributed by atoms with Crippen molar-refractivity contribution < 1.29 is 38.1 Å². The number of carbonyl (C=O) groups is 3. The Morgan fingerprint density at radius 3 is 2.30 bits per heavy atom. The van der Waals surface area contributed by atoms with Gasteiger partial charge in [-0.25, -0.2) is 23.8 Å². The van der Waals surface area contributed by atoms with Crippen molar-refractivity contribution in [2.45, 2.75) is 72.5 Å². The number of benzene rings is 1. The third-order valence-electron chi connectivity index (χ3n) is 4.36. The summed E-state index contributed by atoms with van der Waals surface area (Å²) in [5, 5.41) is 18.1. The molecule has 206 valence electrons. The van der Waals surface area contributed by atoms with E-state index in [-0.39, 0.29) is 12.2 Å². The maximum absolute atomic E-state index is 14.6. The molecule has 0 aliphatic carbocycles. The maximum Gasteiger partial charge on any atom is 0.430 e. The number of hydrazone groups is 1. The highest BCUT2D eigenvalue weighted by Crippen LogP contribution is 2.22. The lowest BCUT2D eigenvalue weighted by molar-refractivity contribution is -0.137. The molecule has 37 heavy (non-hydrogen) atoms. The van der Waals surface area contributed by atoms with E-state index < -0.39 is 46.5 Å². The molecule has 0 aliphatic heterocycles. The van der Waals surface area contributed by atoms with Crippen LogP contribution in [0.15, 0.2) is 28.9 Å². The summed E-state index contributed by atoms with van der Waals surface area (Å²) >= 11 is 0. The quantitative estimate of drug-likeness (QED) is 0.0890. The molecule has 2 amide bonds. The Labute approximate surface area is 217 Å². The van der Waals surface area contributed by atoms with E-state index in [1.54, 1.807) is 48.5 Å². The van der Waals surface area contributed by atoms with Crippen LogP contribution in [0.3, 0.4) is 0 Å². The van der Waals surface area contributed by atoms with Crippen molar-refractivity contribution in [2.24, 2.45) is 5.10 Å². The number of ether oxygens (including phenoxy) is 3. The van der Waals surface area contributed by atoms with Gasteiger partial charge < -0.3 is 24.6 Å². The second kappa shape index (κ2) is 13.6. The first-order valence-corrected chi connectivity index (χ1v) is 11.9. The van der Waals surface area contributed by atoms with Gasteiger partial charge in [0, 0.05) is 13.6 Å². The highest BCUT2D eigenvalue weighted by molar-refractivity contribution is 6.15. The number of hydrogen-bond acceptors (Lipinski definition) is 8. The van der Waals surface area contributed by atoms with E-state index in [1.807, 2.05) is 0 Å². The molecular weight excluding hydrogens is 485 g/mol. The van der Waals surface area contributed by atoms with Gasteiger partial charge in [-0.1, -0.05) is 6.07 Å². The van der Waals surface area contributed by atoms with Crippen LogP contribution in [0.1, 0.15) is 66.0 Å². The van der Waals surface area contributed by atoms with Crippen LogP contribution in [-0.2, 0) is 25.4 Å². The average molecular weight is 524 g/mol. The molecule has 0 fully saturated rings. The number of amides is 2. The van der Waals surface area contributed by atoms with Crippen LogP contribution in [0.2, 0.25) is 0 Å². The molecule has 0 radical (unpaired) electrons.